The van der Waals surface area contributed by atoms with Crippen LogP contribution in [0.2, 0.25) is 0 Å². The zero-order valence-electron chi connectivity index (χ0n) is 10.3. The zero-order valence-corrected chi connectivity index (χ0v) is 10.3. The molecule has 0 saturated carbocycles. The molecule has 0 aromatic carbocycles. The van der Waals surface area contributed by atoms with E-state index in [0.717, 1.165) is 5.56 Å². The van der Waals surface area contributed by atoms with Crippen molar-refractivity contribution in [1.82, 2.24) is 15.2 Å². The number of hydrogen-bond acceptors (Lipinski definition) is 4. The molecule has 1 aromatic heterocycles. The molecule has 1 N–H and O–H groups in total. The SMILES string of the molecule is COCCNCC(=O)N(C)Cc1ccncc1. The van der Waals surface area contributed by atoms with Crippen LogP contribution in [0, 0.1) is 0 Å². The summed E-state index contributed by atoms with van der Waals surface area (Å²) >= 11 is 0. The summed E-state index contributed by atoms with van der Waals surface area (Å²) in [5.41, 5.74) is 1.08. The monoisotopic (exact) mass is 237 g/mol. The van der Waals surface area contributed by atoms with Crippen LogP contribution >= 0.6 is 0 Å². The Kier molecular flexibility index (Phi) is 6.21. The lowest BCUT2D eigenvalue weighted by atomic mass is 10.2. The summed E-state index contributed by atoms with van der Waals surface area (Å²) < 4.78 is 4.89. The first-order valence-corrected chi connectivity index (χ1v) is 5.56. The van der Waals surface area contributed by atoms with Crippen molar-refractivity contribution in [3.63, 3.8) is 0 Å². The largest absolute Gasteiger partial charge is 0.383 e. The maximum absolute atomic E-state index is 11.7. The van der Waals surface area contributed by atoms with Crippen molar-refractivity contribution in [2.24, 2.45) is 0 Å². The van der Waals surface area contributed by atoms with Crippen LogP contribution in [-0.4, -0.2) is 49.6 Å². The number of aromatic nitrogens is 1. The minimum atomic E-state index is 0.0675. The molecule has 1 amide bonds. The van der Waals surface area contributed by atoms with Gasteiger partial charge in [-0.1, -0.05) is 0 Å². The maximum Gasteiger partial charge on any atom is 0.236 e. The smallest absolute Gasteiger partial charge is 0.236 e. The van der Waals surface area contributed by atoms with Crippen LogP contribution in [0.4, 0.5) is 0 Å². The van der Waals surface area contributed by atoms with Crippen molar-refractivity contribution < 1.29 is 9.53 Å². The molecule has 0 spiro atoms. The fourth-order valence-electron chi connectivity index (χ4n) is 1.35. The average molecular weight is 237 g/mol. The van der Waals surface area contributed by atoms with Gasteiger partial charge in [0, 0.05) is 39.6 Å². The van der Waals surface area contributed by atoms with Gasteiger partial charge in [0.05, 0.1) is 13.2 Å². The number of nitrogens with zero attached hydrogens (tertiary/aromatic N) is 2. The van der Waals surface area contributed by atoms with Gasteiger partial charge in [0.15, 0.2) is 0 Å². The highest BCUT2D eigenvalue weighted by atomic mass is 16.5. The van der Waals surface area contributed by atoms with Crippen LogP contribution in [-0.2, 0) is 16.1 Å². The fraction of sp³-hybridized carbons (Fsp3) is 0.500. The third kappa shape index (κ3) is 5.42. The minimum Gasteiger partial charge on any atom is -0.383 e. The van der Waals surface area contributed by atoms with Gasteiger partial charge in [-0.15, -0.1) is 0 Å². The summed E-state index contributed by atoms with van der Waals surface area (Å²) in [7, 11) is 3.43. The van der Waals surface area contributed by atoms with E-state index in [4.69, 9.17) is 4.74 Å². The van der Waals surface area contributed by atoms with Crippen LogP contribution in [0.25, 0.3) is 0 Å². The molecule has 1 aromatic rings. The highest BCUT2D eigenvalue weighted by molar-refractivity contribution is 5.77. The van der Waals surface area contributed by atoms with Gasteiger partial charge in [0.1, 0.15) is 0 Å². The molecule has 0 unspecified atom stereocenters. The Labute approximate surface area is 102 Å². The second kappa shape index (κ2) is 7.76. The first-order chi connectivity index (χ1) is 8.24. The number of rotatable bonds is 7. The molecular weight excluding hydrogens is 218 g/mol. The molecule has 1 rings (SSSR count). The first-order valence-electron chi connectivity index (χ1n) is 5.56. The number of ether oxygens (including phenoxy) is 1. The van der Waals surface area contributed by atoms with Gasteiger partial charge in [-0.25, -0.2) is 0 Å². The number of nitrogens with one attached hydrogen (secondary N) is 1. The van der Waals surface area contributed by atoms with Gasteiger partial charge >= 0.3 is 0 Å². The predicted octanol–water partition coefficient (Wildman–Crippen LogP) is 0.276. The van der Waals surface area contributed by atoms with Crippen LogP contribution in [0.1, 0.15) is 5.56 Å². The quantitative estimate of drug-likeness (QED) is 0.692. The Morgan fingerprint density at radius 1 is 1.47 bits per heavy atom. The van der Waals surface area contributed by atoms with Crippen molar-refractivity contribution in [3.8, 4) is 0 Å². The van der Waals surface area contributed by atoms with E-state index in [-0.39, 0.29) is 5.91 Å². The van der Waals surface area contributed by atoms with Crippen LogP contribution < -0.4 is 5.32 Å². The van der Waals surface area contributed by atoms with Crippen molar-refractivity contribution in [2.75, 3.05) is 33.9 Å². The Bertz CT molecular complexity index is 330. The van der Waals surface area contributed by atoms with E-state index in [9.17, 15) is 4.79 Å². The molecule has 94 valence electrons. The molecule has 1 heterocycles. The van der Waals surface area contributed by atoms with E-state index in [1.54, 1.807) is 31.5 Å². The van der Waals surface area contributed by atoms with Gasteiger partial charge in [0.2, 0.25) is 5.91 Å². The van der Waals surface area contributed by atoms with Crippen LogP contribution in [0.5, 0.6) is 0 Å². The molecule has 5 heteroatoms. The third-order valence-corrected chi connectivity index (χ3v) is 2.35. The Morgan fingerprint density at radius 2 is 2.18 bits per heavy atom. The molecule has 5 nitrogen and oxygen atoms in total. The van der Waals surface area contributed by atoms with Gasteiger partial charge in [-0.2, -0.15) is 0 Å². The highest BCUT2D eigenvalue weighted by Crippen LogP contribution is 2.00. The topological polar surface area (TPSA) is 54.5 Å². The number of amides is 1. The number of likely N-dealkylation sites (N-methyl/N-ethyl adjacent to an activating group) is 1. The van der Waals surface area contributed by atoms with Crippen molar-refractivity contribution in [1.29, 1.82) is 0 Å². The summed E-state index contributed by atoms with van der Waals surface area (Å²) in [4.78, 5) is 17.3. The summed E-state index contributed by atoms with van der Waals surface area (Å²) in [6.45, 7) is 2.24. The van der Waals surface area contributed by atoms with E-state index >= 15 is 0 Å². The number of hydrogen-bond donors (Lipinski definition) is 1. The second-order valence-electron chi connectivity index (χ2n) is 3.77. The van der Waals surface area contributed by atoms with Crippen LogP contribution in [0.3, 0.4) is 0 Å². The van der Waals surface area contributed by atoms with E-state index in [1.165, 1.54) is 0 Å². The molecule has 0 saturated heterocycles. The van der Waals surface area contributed by atoms with Gasteiger partial charge < -0.3 is 15.0 Å². The molecule has 0 aliphatic heterocycles. The third-order valence-electron chi connectivity index (χ3n) is 2.35. The number of carbonyl (C=O) groups is 1. The Hall–Kier alpha value is -1.46. The minimum absolute atomic E-state index is 0.0675. The highest BCUT2D eigenvalue weighted by Gasteiger charge is 2.08. The molecule has 0 atom stereocenters. The molecule has 0 aliphatic rings. The first kappa shape index (κ1) is 13.6. The molecular formula is C12H19N3O2. The number of carbonyl (C=O) groups excluding carboxylic acids is 1. The molecule has 0 radical (unpaired) electrons. The lowest BCUT2D eigenvalue weighted by molar-refractivity contribution is -0.129. The number of methoxy groups -OCH3 is 1. The fourth-order valence-corrected chi connectivity index (χ4v) is 1.35. The average Bonchev–Trinajstić information content (AvgIpc) is 2.35. The summed E-state index contributed by atoms with van der Waals surface area (Å²) in [6.07, 6.45) is 3.45. The van der Waals surface area contributed by atoms with Crippen molar-refractivity contribution in [2.45, 2.75) is 6.54 Å². The predicted molar refractivity (Wildman–Crippen MR) is 65.5 cm³/mol. The van der Waals surface area contributed by atoms with E-state index < -0.39 is 0 Å². The second-order valence-corrected chi connectivity index (χ2v) is 3.77. The van der Waals surface area contributed by atoms with Gasteiger partial charge in [-0.05, 0) is 17.7 Å². The lowest BCUT2D eigenvalue weighted by Gasteiger charge is -2.17. The Morgan fingerprint density at radius 3 is 2.82 bits per heavy atom. The molecule has 0 fully saturated rings. The summed E-state index contributed by atoms with van der Waals surface area (Å²) in [5.74, 6) is 0.0675. The summed E-state index contributed by atoms with van der Waals surface area (Å²) in [6, 6.07) is 3.81. The van der Waals surface area contributed by atoms with Gasteiger partial charge in [0.25, 0.3) is 0 Å². The lowest BCUT2D eigenvalue weighted by Crippen LogP contribution is -2.36. The summed E-state index contributed by atoms with van der Waals surface area (Å²) in [5, 5.41) is 3.02. The number of pyridine rings is 1. The molecule has 0 aliphatic carbocycles. The van der Waals surface area contributed by atoms with E-state index in [2.05, 4.69) is 10.3 Å². The van der Waals surface area contributed by atoms with Crippen molar-refractivity contribution >= 4 is 5.91 Å². The molecule has 0 bridgehead atoms. The van der Waals surface area contributed by atoms with Crippen molar-refractivity contribution in [3.05, 3.63) is 30.1 Å². The normalized spacial score (nSPS) is 10.2. The standard InChI is InChI=1S/C12H19N3O2/c1-15(10-11-3-5-13-6-4-11)12(16)9-14-7-8-17-2/h3-6,14H,7-10H2,1-2H3. The maximum atomic E-state index is 11.7. The van der Waals surface area contributed by atoms with Gasteiger partial charge in [-0.3, -0.25) is 9.78 Å². The van der Waals surface area contributed by atoms with Crippen LogP contribution in [0.15, 0.2) is 24.5 Å². The molecule has 17 heavy (non-hydrogen) atoms. The van der Waals surface area contributed by atoms with E-state index in [1.807, 2.05) is 12.1 Å². The zero-order chi connectivity index (χ0) is 12.5. The van der Waals surface area contributed by atoms with E-state index in [0.29, 0.717) is 26.2 Å². The Balaban J connectivity index is 2.27.